The number of sulfonamides is 1. The lowest BCUT2D eigenvalue weighted by Crippen LogP contribution is -2.41. The zero-order valence-electron chi connectivity index (χ0n) is 24.6. The van der Waals surface area contributed by atoms with Gasteiger partial charge < -0.3 is 14.9 Å². The molecule has 0 unspecified atom stereocenters. The van der Waals surface area contributed by atoms with Crippen molar-refractivity contribution >= 4 is 61.5 Å². The van der Waals surface area contributed by atoms with Gasteiger partial charge in [-0.1, -0.05) is 30.3 Å². The number of ether oxygens (including phenoxy) is 1. The Balaban J connectivity index is 1.32. The normalized spacial score (nSPS) is 13.4. The van der Waals surface area contributed by atoms with E-state index in [-0.39, 0.29) is 29.1 Å². The van der Waals surface area contributed by atoms with Crippen molar-refractivity contribution in [3.8, 4) is 5.75 Å². The van der Waals surface area contributed by atoms with Crippen LogP contribution in [0.15, 0.2) is 65.6 Å². The Hall–Kier alpha value is -5.21. The van der Waals surface area contributed by atoms with Gasteiger partial charge in [-0.2, -0.15) is 4.57 Å². The number of pyridine rings is 1. The summed E-state index contributed by atoms with van der Waals surface area (Å²) >= 11 is 0. The van der Waals surface area contributed by atoms with Crippen molar-refractivity contribution in [1.82, 2.24) is 15.1 Å². The van der Waals surface area contributed by atoms with Crippen molar-refractivity contribution in [2.24, 2.45) is 7.05 Å². The number of aromatic nitrogens is 1. The van der Waals surface area contributed by atoms with Gasteiger partial charge in [-0.25, -0.2) is 22.7 Å². The summed E-state index contributed by atoms with van der Waals surface area (Å²) in [4.78, 5) is 65.5. The van der Waals surface area contributed by atoms with Gasteiger partial charge in [-0.05, 0) is 37.6 Å². The summed E-state index contributed by atoms with van der Waals surface area (Å²) in [5, 5.41) is 3.83. The van der Waals surface area contributed by atoms with Gasteiger partial charge in [0.25, 0.3) is 11.8 Å². The Morgan fingerprint density at radius 3 is 2.04 bits per heavy atom. The molecule has 0 radical (unpaired) electrons. The number of para-hydroxylation sites is 2. The molecule has 1 aliphatic heterocycles. The van der Waals surface area contributed by atoms with Crippen molar-refractivity contribution < 1.29 is 46.5 Å². The number of hydroxylamine groups is 2. The van der Waals surface area contributed by atoms with Crippen molar-refractivity contribution in [1.29, 1.82) is 0 Å². The number of fused-ring (bicyclic) bond motifs is 2. The van der Waals surface area contributed by atoms with Gasteiger partial charge in [0.2, 0.25) is 27.0 Å². The summed E-state index contributed by atoms with van der Waals surface area (Å²) in [6, 6.07) is 17.6. The summed E-state index contributed by atoms with van der Waals surface area (Å²) in [5.41, 5.74) is 2.61. The minimum atomic E-state index is -4.29. The maximum absolute atomic E-state index is 13.8. The molecular weight excluding hydrogens is 604 g/mol. The van der Waals surface area contributed by atoms with Crippen LogP contribution in [0.3, 0.4) is 0 Å². The quantitative estimate of drug-likeness (QED) is 0.0915. The monoisotopic (exact) mass is 633 g/mol. The van der Waals surface area contributed by atoms with Crippen molar-refractivity contribution in [2.45, 2.75) is 31.6 Å². The molecule has 0 bridgehead atoms. The van der Waals surface area contributed by atoms with E-state index in [0.717, 1.165) is 11.0 Å². The lowest BCUT2D eigenvalue weighted by Gasteiger charge is -2.16. The first-order valence-corrected chi connectivity index (χ1v) is 15.3. The number of aryl methyl sites for hydroxylation is 2. The van der Waals surface area contributed by atoms with E-state index < -0.39 is 52.8 Å². The number of benzene rings is 3. The molecule has 1 saturated heterocycles. The van der Waals surface area contributed by atoms with Gasteiger partial charge >= 0.3 is 11.9 Å². The maximum Gasteiger partial charge on any atom is 0.352 e. The van der Waals surface area contributed by atoms with E-state index in [1.807, 2.05) is 60.1 Å². The van der Waals surface area contributed by atoms with Crippen molar-refractivity contribution in [3.05, 3.63) is 77.4 Å². The number of esters is 1. The molecule has 0 aliphatic carbocycles. The second-order valence-electron chi connectivity index (χ2n) is 10.3. The van der Waals surface area contributed by atoms with E-state index in [1.165, 1.54) is 19.1 Å². The molecule has 1 aliphatic rings. The van der Waals surface area contributed by atoms with Gasteiger partial charge in [-0.3, -0.25) is 14.4 Å². The largest absolute Gasteiger partial charge is 0.422 e. The van der Waals surface area contributed by atoms with Crippen molar-refractivity contribution in [3.63, 3.8) is 0 Å². The molecule has 232 valence electrons. The standard InChI is InChI=1S/C31H28N4O9S/c1-18-12-13-24(45(41,42)33-16-25(36)32-17-28(39)44-35-26(37)14-15-27(35)38)19(2)30(18)43-31(40)29-20-8-4-6-10-22(20)34(3)23-11-7-5-9-21(23)29/h4-13,33H,14-17H2,1-3H3/p+1. The Labute approximate surface area is 257 Å². The highest BCUT2D eigenvalue weighted by Crippen LogP contribution is 2.32. The fraction of sp³-hybridized carbons (Fsp3) is 0.226. The van der Waals surface area contributed by atoms with Gasteiger partial charge in [0.05, 0.1) is 27.8 Å². The third-order valence-electron chi connectivity index (χ3n) is 7.36. The average molecular weight is 634 g/mol. The summed E-state index contributed by atoms with van der Waals surface area (Å²) in [6.07, 6.45) is -0.170. The Kier molecular flexibility index (Phi) is 8.62. The second kappa shape index (κ2) is 12.4. The molecule has 0 spiro atoms. The van der Waals surface area contributed by atoms with E-state index in [4.69, 9.17) is 4.74 Å². The fourth-order valence-electron chi connectivity index (χ4n) is 5.11. The number of amides is 3. The summed E-state index contributed by atoms with van der Waals surface area (Å²) < 4.78 is 36.4. The second-order valence-corrected chi connectivity index (χ2v) is 12.1. The summed E-state index contributed by atoms with van der Waals surface area (Å²) in [6.45, 7) is 1.72. The van der Waals surface area contributed by atoms with Crippen LogP contribution in [0.1, 0.15) is 34.3 Å². The molecule has 1 aromatic heterocycles. The number of nitrogens with one attached hydrogen (secondary N) is 2. The zero-order chi connectivity index (χ0) is 32.5. The predicted octanol–water partition coefficient (Wildman–Crippen LogP) is 1.66. The van der Waals surface area contributed by atoms with Gasteiger partial charge in [0.1, 0.15) is 19.3 Å². The summed E-state index contributed by atoms with van der Waals surface area (Å²) in [7, 11) is -2.39. The van der Waals surface area contributed by atoms with E-state index in [0.29, 0.717) is 27.0 Å². The highest BCUT2D eigenvalue weighted by atomic mass is 32.2. The highest BCUT2D eigenvalue weighted by Gasteiger charge is 2.33. The molecule has 0 atom stereocenters. The molecule has 13 nitrogen and oxygen atoms in total. The van der Waals surface area contributed by atoms with Crippen LogP contribution in [-0.4, -0.2) is 56.2 Å². The van der Waals surface area contributed by atoms with Crippen LogP contribution >= 0.6 is 0 Å². The van der Waals surface area contributed by atoms with Crippen LogP contribution in [0, 0.1) is 13.8 Å². The van der Waals surface area contributed by atoms with Crippen LogP contribution in [0.5, 0.6) is 5.75 Å². The SMILES string of the molecule is Cc1ccc(S(=O)(=O)NCC(=O)NCC(=O)ON2C(=O)CCC2=O)c(C)c1OC(=O)c1c2ccccc2[n+](C)c2ccccc12. The molecule has 4 aromatic rings. The molecule has 14 heteroatoms. The van der Waals surface area contributed by atoms with E-state index >= 15 is 0 Å². The molecule has 2 N–H and O–H groups in total. The van der Waals surface area contributed by atoms with Crippen LogP contribution in [0.25, 0.3) is 21.8 Å². The van der Waals surface area contributed by atoms with Crippen molar-refractivity contribution in [2.75, 3.05) is 13.1 Å². The molecule has 3 aromatic carbocycles. The highest BCUT2D eigenvalue weighted by molar-refractivity contribution is 7.89. The average Bonchev–Trinajstić information content (AvgIpc) is 3.33. The Morgan fingerprint density at radius 1 is 0.867 bits per heavy atom. The molecule has 45 heavy (non-hydrogen) atoms. The Bertz CT molecular complexity index is 1950. The number of rotatable bonds is 9. The first-order valence-electron chi connectivity index (χ1n) is 13.8. The molecule has 2 heterocycles. The number of hydrogen-bond donors (Lipinski definition) is 2. The number of carbonyl (C=O) groups excluding carboxylic acids is 5. The first-order chi connectivity index (χ1) is 21.4. The first kappa shape index (κ1) is 31.2. The smallest absolute Gasteiger partial charge is 0.352 e. The fourth-order valence-corrected chi connectivity index (χ4v) is 6.33. The van der Waals surface area contributed by atoms with Gasteiger partial charge in [0, 0.05) is 30.5 Å². The topological polar surface area (TPSA) is 169 Å². The molecule has 3 amide bonds. The summed E-state index contributed by atoms with van der Waals surface area (Å²) in [5.74, 6) is -3.91. The minimum absolute atomic E-state index is 0.0578. The molecule has 1 fully saturated rings. The van der Waals surface area contributed by atoms with Crippen LogP contribution in [0.4, 0.5) is 0 Å². The molecule has 0 saturated carbocycles. The third kappa shape index (κ3) is 6.23. The van der Waals surface area contributed by atoms with Crippen LogP contribution in [0.2, 0.25) is 0 Å². The third-order valence-corrected chi connectivity index (χ3v) is 8.91. The lowest BCUT2D eigenvalue weighted by molar-refractivity contribution is -0.617. The Morgan fingerprint density at radius 2 is 1.44 bits per heavy atom. The molecular formula is C31H29N4O9S+. The van der Waals surface area contributed by atoms with Gasteiger partial charge in [0.15, 0.2) is 0 Å². The minimum Gasteiger partial charge on any atom is -0.422 e. The van der Waals surface area contributed by atoms with E-state index in [9.17, 15) is 32.4 Å². The van der Waals surface area contributed by atoms with Gasteiger partial charge in [-0.15, -0.1) is 5.06 Å². The number of carbonyl (C=O) groups is 5. The van der Waals surface area contributed by atoms with Crippen LogP contribution < -0.4 is 19.3 Å². The lowest BCUT2D eigenvalue weighted by atomic mass is 10.0. The maximum atomic E-state index is 13.8. The predicted molar refractivity (Wildman–Crippen MR) is 159 cm³/mol. The van der Waals surface area contributed by atoms with E-state index in [2.05, 4.69) is 14.9 Å². The number of nitrogens with zero attached hydrogens (tertiary/aromatic N) is 2. The van der Waals surface area contributed by atoms with E-state index in [1.54, 1.807) is 6.92 Å². The number of imide groups is 1. The number of hydrogen-bond acceptors (Lipinski definition) is 9. The molecule has 5 rings (SSSR count). The zero-order valence-corrected chi connectivity index (χ0v) is 25.4. The van der Waals surface area contributed by atoms with Crippen LogP contribution in [-0.2, 0) is 41.1 Å².